The van der Waals surface area contributed by atoms with Crippen LogP contribution in [0.5, 0.6) is 0 Å². The van der Waals surface area contributed by atoms with Crippen molar-refractivity contribution >= 4 is 5.91 Å². The largest absolute Gasteiger partial charge is 0.371 e. The molecule has 0 bridgehead atoms. The number of likely N-dealkylation sites (tertiary alicyclic amines) is 1. The van der Waals surface area contributed by atoms with Crippen molar-refractivity contribution < 1.29 is 9.53 Å². The zero-order chi connectivity index (χ0) is 8.89. The molecule has 13 heavy (non-hydrogen) atoms. The Balaban J connectivity index is 1.54. The highest BCUT2D eigenvalue weighted by Crippen LogP contribution is 2.36. The highest BCUT2D eigenvalue weighted by atomic mass is 16.5. The van der Waals surface area contributed by atoms with Crippen molar-refractivity contribution in [1.29, 1.82) is 0 Å². The summed E-state index contributed by atoms with van der Waals surface area (Å²) in [6, 6.07) is 0. The maximum Gasteiger partial charge on any atom is 0.228 e. The van der Waals surface area contributed by atoms with Crippen LogP contribution < -0.4 is 5.32 Å². The minimum absolute atomic E-state index is 0.0901. The molecule has 1 N–H and O–H groups in total. The van der Waals surface area contributed by atoms with E-state index in [1.807, 2.05) is 4.90 Å². The molecule has 3 aliphatic heterocycles. The first-order chi connectivity index (χ1) is 6.29. The van der Waals surface area contributed by atoms with Gasteiger partial charge in [0.2, 0.25) is 5.91 Å². The summed E-state index contributed by atoms with van der Waals surface area (Å²) in [5, 5.41) is 3.12. The minimum Gasteiger partial charge on any atom is -0.371 e. The summed E-state index contributed by atoms with van der Waals surface area (Å²) < 4.78 is 5.46. The minimum atomic E-state index is 0.0901. The van der Waals surface area contributed by atoms with Gasteiger partial charge >= 0.3 is 0 Å². The van der Waals surface area contributed by atoms with E-state index < -0.39 is 0 Å². The van der Waals surface area contributed by atoms with Crippen molar-refractivity contribution in [2.75, 3.05) is 32.8 Å². The van der Waals surface area contributed by atoms with E-state index in [9.17, 15) is 4.79 Å². The van der Waals surface area contributed by atoms with Gasteiger partial charge in [-0.05, 0) is 0 Å². The number of carbonyl (C=O) groups excluding carboxylic acids is 1. The molecule has 3 fully saturated rings. The van der Waals surface area contributed by atoms with Crippen molar-refractivity contribution in [3.63, 3.8) is 0 Å². The van der Waals surface area contributed by atoms with E-state index in [0.29, 0.717) is 5.91 Å². The average molecular weight is 182 g/mol. The van der Waals surface area contributed by atoms with Gasteiger partial charge in [-0.2, -0.15) is 0 Å². The number of rotatable bonds is 1. The Morgan fingerprint density at radius 2 is 2.15 bits per heavy atom. The number of hydrogen-bond acceptors (Lipinski definition) is 3. The second-order valence-corrected chi connectivity index (χ2v) is 4.33. The third-order valence-electron chi connectivity index (χ3n) is 3.37. The quantitative estimate of drug-likeness (QED) is 0.577. The van der Waals surface area contributed by atoms with Crippen LogP contribution in [0.3, 0.4) is 0 Å². The highest BCUT2D eigenvalue weighted by Gasteiger charge is 2.51. The van der Waals surface area contributed by atoms with Gasteiger partial charge in [0.15, 0.2) is 0 Å². The summed E-state index contributed by atoms with van der Waals surface area (Å²) >= 11 is 0. The smallest absolute Gasteiger partial charge is 0.228 e. The van der Waals surface area contributed by atoms with Gasteiger partial charge in [-0.15, -0.1) is 0 Å². The summed E-state index contributed by atoms with van der Waals surface area (Å²) in [7, 11) is 0. The molecule has 0 aromatic rings. The van der Waals surface area contributed by atoms with Crippen LogP contribution in [0.25, 0.3) is 0 Å². The van der Waals surface area contributed by atoms with Gasteiger partial charge in [-0.1, -0.05) is 0 Å². The number of hydrogen-bond donors (Lipinski definition) is 1. The first kappa shape index (κ1) is 7.76. The summed E-state index contributed by atoms with van der Waals surface area (Å²) in [6.45, 7) is 4.28. The lowest BCUT2D eigenvalue weighted by atomic mass is 9.84. The molecule has 0 aliphatic carbocycles. The predicted molar refractivity (Wildman–Crippen MR) is 46.2 cm³/mol. The Labute approximate surface area is 77.2 Å². The van der Waals surface area contributed by atoms with Crippen molar-refractivity contribution in [1.82, 2.24) is 10.2 Å². The van der Waals surface area contributed by atoms with E-state index in [1.165, 1.54) is 0 Å². The Bertz CT molecular complexity index is 238. The Morgan fingerprint density at radius 1 is 1.46 bits per heavy atom. The topological polar surface area (TPSA) is 41.6 Å². The maximum absolute atomic E-state index is 11.7. The molecule has 3 rings (SSSR count). The molecule has 3 heterocycles. The van der Waals surface area contributed by atoms with Crippen LogP contribution in [0.15, 0.2) is 0 Å². The molecule has 0 radical (unpaired) electrons. The van der Waals surface area contributed by atoms with Crippen molar-refractivity contribution in [3.05, 3.63) is 0 Å². The van der Waals surface area contributed by atoms with Crippen LogP contribution in [0.1, 0.15) is 6.42 Å². The second-order valence-electron chi connectivity index (χ2n) is 4.33. The number of nitrogens with one attached hydrogen (secondary N) is 1. The molecular weight excluding hydrogens is 168 g/mol. The summed E-state index contributed by atoms with van der Waals surface area (Å²) in [4.78, 5) is 13.6. The number of nitrogens with zero attached hydrogens (tertiary/aromatic N) is 1. The van der Waals surface area contributed by atoms with Crippen LogP contribution in [-0.2, 0) is 9.53 Å². The van der Waals surface area contributed by atoms with E-state index in [-0.39, 0.29) is 11.5 Å². The first-order valence-electron chi connectivity index (χ1n) is 4.93. The standard InChI is InChI=1S/C9H14N2O2/c12-8(7-3-10-4-7)11-5-9(6-11)1-2-13-9/h7,10H,1-6H2. The molecule has 72 valence electrons. The molecule has 0 unspecified atom stereocenters. The monoisotopic (exact) mass is 182 g/mol. The average Bonchev–Trinajstić information content (AvgIpc) is 1.75. The van der Waals surface area contributed by atoms with Crippen LogP contribution in [0.4, 0.5) is 0 Å². The van der Waals surface area contributed by atoms with Gasteiger partial charge in [-0.3, -0.25) is 4.79 Å². The number of carbonyl (C=O) groups is 1. The maximum atomic E-state index is 11.7. The van der Waals surface area contributed by atoms with Gasteiger partial charge in [0.1, 0.15) is 5.60 Å². The molecule has 0 atom stereocenters. The second kappa shape index (κ2) is 2.45. The van der Waals surface area contributed by atoms with Crippen LogP contribution >= 0.6 is 0 Å². The highest BCUT2D eigenvalue weighted by molar-refractivity contribution is 5.81. The van der Waals surface area contributed by atoms with Gasteiger partial charge in [0, 0.05) is 19.5 Å². The summed E-state index contributed by atoms with van der Waals surface area (Å²) in [5.41, 5.74) is 0.0901. The fourth-order valence-electron chi connectivity index (χ4n) is 2.17. The molecule has 3 aliphatic rings. The molecule has 0 saturated carbocycles. The van der Waals surface area contributed by atoms with Crippen LogP contribution in [-0.4, -0.2) is 49.2 Å². The van der Waals surface area contributed by atoms with E-state index in [1.54, 1.807) is 0 Å². The molecule has 1 amide bonds. The molecule has 0 aromatic carbocycles. The zero-order valence-electron chi connectivity index (χ0n) is 7.58. The molecule has 4 nitrogen and oxygen atoms in total. The zero-order valence-corrected chi connectivity index (χ0v) is 7.58. The van der Waals surface area contributed by atoms with Gasteiger partial charge in [-0.25, -0.2) is 0 Å². The van der Waals surface area contributed by atoms with Crippen molar-refractivity contribution in [2.45, 2.75) is 12.0 Å². The van der Waals surface area contributed by atoms with Crippen LogP contribution in [0, 0.1) is 5.92 Å². The number of ether oxygens (including phenoxy) is 1. The number of amides is 1. The fraction of sp³-hybridized carbons (Fsp3) is 0.889. The molecule has 1 spiro atoms. The normalized spacial score (nSPS) is 30.6. The van der Waals surface area contributed by atoms with Gasteiger partial charge in [0.25, 0.3) is 0 Å². The summed E-state index contributed by atoms with van der Waals surface area (Å²) in [5.74, 6) is 0.567. The molecule has 3 saturated heterocycles. The van der Waals surface area contributed by atoms with E-state index in [2.05, 4.69) is 5.32 Å². The van der Waals surface area contributed by atoms with E-state index in [4.69, 9.17) is 4.74 Å². The molecule has 4 heteroatoms. The SMILES string of the molecule is O=C(C1CNC1)N1CC2(CCO2)C1. The van der Waals surface area contributed by atoms with Gasteiger partial charge < -0.3 is 15.0 Å². The van der Waals surface area contributed by atoms with Crippen molar-refractivity contribution in [2.24, 2.45) is 5.92 Å². The molecular formula is C9H14N2O2. The fourth-order valence-corrected chi connectivity index (χ4v) is 2.17. The third-order valence-corrected chi connectivity index (χ3v) is 3.37. The first-order valence-corrected chi connectivity index (χ1v) is 4.93. The Kier molecular flexibility index (Phi) is 1.46. The third kappa shape index (κ3) is 1.02. The summed E-state index contributed by atoms with van der Waals surface area (Å²) in [6.07, 6.45) is 1.14. The van der Waals surface area contributed by atoms with E-state index >= 15 is 0 Å². The van der Waals surface area contributed by atoms with E-state index in [0.717, 1.165) is 39.2 Å². The molecule has 0 aromatic heterocycles. The van der Waals surface area contributed by atoms with Crippen molar-refractivity contribution in [3.8, 4) is 0 Å². The van der Waals surface area contributed by atoms with Gasteiger partial charge in [0.05, 0.1) is 25.6 Å². The lowest BCUT2D eigenvalue weighted by molar-refractivity contribution is -0.223. The lowest BCUT2D eigenvalue weighted by Crippen LogP contribution is -2.71. The Morgan fingerprint density at radius 3 is 2.54 bits per heavy atom. The lowest BCUT2D eigenvalue weighted by Gasteiger charge is -2.56. The predicted octanol–water partition coefficient (Wildman–Crippen LogP) is -0.793. The van der Waals surface area contributed by atoms with Crippen LogP contribution in [0.2, 0.25) is 0 Å². The Hall–Kier alpha value is -0.610.